The van der Waals surface area contributed by atoms with Crippen LogP contribution in [-0.4, -0.2) is 32.8 Å². The third kappa shape index (κ3) is 2.11. The van der Waals surface area contributed by atoms with Gasteiger partial charge in [0.25, 0.3) is 5.69 Å². The quantitative estimate of drug-likeness (QED) is 0.630. The van der Waals surface area contributed by atoms with Crippen molar-refractivity contribution in [1.82, 2.24) is 14.8 Å². The summed E-state index contributed by atoms with van der Waals surface area (Å²) in [5.74, 6) is 0. The van der Waals surface area contributed by atoms with Crippen molar-refractivity contribution in [3.05, 3.63) is 41.0 Å². The number of nitro groups is 1. The topological polar surface area (TPSA) is 77.1 Å². The average molecular weight is 273 g/mol. The van der Waals surface area contributed by atoms with Crippen molar-refractivity contribution in [2.24, 2.45) is 0 Å². The summed E-state index contributed by atoms with van der Waals surface area (Å²) in [6.07, 6.45) is 6.37. The number of nitro benzene ring substituents is 1. The number of benzene rings is 1. The first-order valence-electron chi connectivity index (χ1n) is 6.53. The predicted molar refractivity (Wildman–Crippen MR) is 74.1 cm³/mol. The summed E-state index contributed by atoms with van der Waals surface area (Å²) in [6.45, 7) is 0. The summed E-state index contributed by atoms with van der Waals surface area (Å²) in [7, 11) is 1.91. The SMILES string of the molecule is CN(c1cc(-n2cncn2)ccc1[N+](=O)[O-])C1CCC1. The van der Waals surface area contributed by atoms with Gasteiger partial charge in [-0.25, -0.2) is 9.67 Å². The molecule has 0 saturated heterocycles. The Kier molecular flexibility index (Phi) is 3.09. The first-order valence-corrected chi connectivity index (χ1v) is 6.53. The molecule has 3 rings (SSSR count). The maximum atomic E-state index is 11.2. The molecule has 20 heavy (non-hydrogen) atoms. The van der Waals surface area contributed by atoms with Crippen molar-refractivity contribution in [2.75, 3.05) is 11.9 Å². The Hall–Kier alpha value is -2.44. The van der Waals surface area contributed by atoms with Gasteiger partial charge in [-0.15, -0.1) is 0 Å². The summed E-state index contributed by atoms with van der Waals surface area (Å²) in [4.78, 5) is 16.8. The molecule has 0 bridgehead atoms. The lowest BCUT2D eigenvalue weighted by atomic mass is 9.91. The normalized spacial score (nSPS) is 14.8. The molecule has 1 aromatic carbocycles. The highest BCUT2D eigenvalue weighted by Crippen LogP contribution is 2.35. The molecule has 0 radical (unpaired) electrons. The van der Waals surface area contributed by atoms with Gasteiger partial charge < -0.3 is 4.90 Å². The van der Waals surface area contributed by atoms with Gasteiger partial charge in [0.1, 0.15) is 18.3 Å². The Morgan fingerprint density at radius 2 is 2.25 bits per heavy atom. The van der Waals surface area contributed by atoms with E-state index in [4.69, 9.17) is 0 Å². The van der Waals surface area contributed by atoms with Crippen molar-refractivity contribution in [3.63, 3.8) is 0 Å². The van der Waals surface area contributed by atoms with E-state index in [-0.39, 0.29) is 10.6 Å². The molecule has 1 aliphatic rings. The number of rotatable bonds is 4. The predicted octanol–water partition coefficient (Wildman–Crippen LogP) is 2.16. The third-order valence-corrected chi connectivity index (χ3v) is 3.84. The standard InChI is InChI=1S/C13H15N5O2/c1-16(10-3-2-4-10)13-7-11(17-9-14-8-15-17)5-6-12(13)18(19)20/h5-10H,2-4H2,1H3. The Labute approximate surface area is 116 Å². The first-order chi connectivity index (χ1) is 9.66. The minimum Gasteiger partial charge on any atom is -0.366 e. The fourth-order valence-corrected chi connectivity index (χ4v) is 2.40. The molecule has 1 heterocycles. The molecule has 1 saturated carbocycles. The highest BCUT2D eigenvalue weighted by molar-refractivity contribution is 5.67. The lowest BCUT2D eigenvalue weighted by Gasteiger charge is -2.36. The van der Waals surface area contributed by atoms with Crippen LogP contribution in [0.25, 0.3) is 5.69 Å². The summed E-state index contributed by atoms with van der Waals surface area (Å²) in [6, 6.07) is 5.40. The van der Waals surface area contributed by atoms with Crippen LogP contribution in [0.2, 0.25) is 0 Å². The molecular formula is C13H15N5O2. The number of anilines is 1. The Balaban J connectivity index is 2.03. The summed E-state index contributed by atoms with van der Waals surface area (Å²) in [5, 5.41) is 15.3. The maximum Gasteiger partial charge on any atom is 0.292 e. The Morgan fingerprint density at radius 1 is 1.45 bits per heavy atom. The number of hydrogen-bond acceptors (Lipinski definition) is 5. The van der Waals surface area contributed by atoms with E-state index in [0.717, 1.165) is 18.5 Å². The largest absolute Gasteiger partial charge is 0.366 e. The van der Waals surface area contributed by atoms with Crippen molar-refractivity contribution in [3.8, 4) is 5.69 Å². The average Bonchev–Trinajstić information content (AvgIpc) is 2.89. The highest BCUT2D eigenvalue weighted by atomic mass is 16.6. The molecular weight excluding hydrogens is 258 g/mol. The second-order valence-corrected chi connectivity index (χ2v) is 4.97. The van der Waals surface area contributed by atoms with E-state index >= 15 is 0 Å². The fourth-order valence-electron chi connectivity index (χ4n) is 2.40. The van der Waals surface area contributed by atoms with Gasteiger partial charge in [0, 0.05) is 19.2 Å². The van der Waals surface area contributed by atoms with E-state index in [9.17, 15) is 10.1 Å². The fraction of sp³-hybridized carbons (Fsp3) is 0.385. The zero-order valence-corrected chi connectivity index (χ0v) is 11.1. The number of nitrogens with zero attached hydrogens (tertiary/aromatic N) is 5. The Bertz CT molecular complexity index is 622. The van der Waals surface area contributed by atoms with Crippen LogP contribution in [0.4, 0.5) is 11.4 Å². The van der Waals surface area contributed by atoms with Gasteiger partial charge in [0.2, 0.25) is 0 Å². The van der Waals surface area contributed by atoms with Crippen LogP contribution in [0, 0.1) is 10.1 Å². The van der Waals surface area contributed by atoms with Crippen molar-refractivity contribution >= 4 is 11.4 Å². The van der Waals surface area contributed by atoms with Gasteiger partial charge in [-0.05, 0) is 31.4 Å². The van der Waals surface area contributed by atoms with Crippen LogP contribution in [0.5, 0.6) is 0 Å². The molecule has 0 aliphatic heterocycles. The molecule has 0 amide bonds. The van der Waals surface area contributed by atoms with Crippen LogP contribution < -0.4 is 4.90 Å². The lowest BCUT2D eigenvalue weighted by Crippen LogP contribution is -2.37. The third-order valence-electron chi connectivity index (χ3n) is 3.84. The van der Waals surface area contributed by atoms with Gasteiger partial charge >= 0.3 is 0 Å². The zero-order chi connectivity index (χ0) is 14.1. The molecule has 0 atom stereocenters. The monoisotopic (exact) mass is 273 g/mol. The van der Waals surface area contributed by atoms with Crippen LogP contribution in [0.1, 0.15) is 19.3 Å². The highest BCUT2D eigenvalue weighted by Gasteiger charge is 2.27. The molecule has 0 spiro atoms. The maximum absolute atomic E-state index is 11.2. The zero-order valence-electron chi connectivity index (χ0n) is 11.1. The first kappa shape index (κ1) is 12.6. The molecule has 7 nitrogen and oxygen atoms in total. The van der Waals surface area contributed by atoms with E-state index in [2.05, 4.69) is 10.1 Å². The van der Waals surface area contributed by atoms with Crippen LogP contribution >= 0.6 is 0 Å². The molecule has 2 aromatic rings. The van der Waals surface area contributed by atoms with Gasteiger partial charge in [-0.3, -0.25) is 10.1 Å². The van der Waals surface area contributed by atoms with E-state index in [0.29, 0.717) is 11.7 Å². The molecule has 7 heteroatoms. The summed E-state index contributed by atoms with van der Waals surface area (Å²) in [5.41, 5.74) is 1.53. The summed E-state index contributed by atoms with van der Waals surface area (Å²) >= 11 is 0. The molecule has 1 fully saturated rings. The minimum atomic E-state index is -0.338. The van der Waals surface area contributed by atoms with Gasteiger partial charge in [0.05, 0.1) is 10.6 Å². The van der Waals surface area contributed by atoms with Crippen LogP contribution in [-0.2, 0) is 0 Å². The van der Waals surface area contributed by atoms with Gasteiger partial charge in [0.15, 0.2) is 0 Å². The lowest BCUT2D eigenvalue weighted by molar-refractivity contribution is -0.384. The van der Waals surface area contributed by atoms with E-state index in [1.54, 1.807) is 23.1 Å². The number of aromatic nitrogens is 3. The van der Waals surface area contributed by atoms with E-state index in [1.807, 2.05) is 11.9 Å². The summed E-state index contributed by atoms with van der Waals surface area (Å²) < 4.78 is 1.60. The number of hydrogen-bond donors (Lipinski definition) is 0. The van der Waals surface area contributed by atoms with E-state index < -0.39 is 0 Å². The van der Waals surface area contributed by atoms with E-state index in [1.165, 1.54) is 18.8 Å². The smallest absolute Gasteiger partial charge is 0.292 e. The minimum absolute atomic E-state index is 0.128. The second-order valence-electron chi connectivity index (χ2n) is 4.97. The van der Waals surface area contributed by atoms with Crippen molar-refractivity contribution in [2.45, 2.75) is 25.3 Å². The van der Waals surface area contributed by atoms with Crippen molar-refractivity contribution in [1.29, 1.82) is 0 Å². The molecule has 0 N–H and O–H groups in total. The molecule has 0 unspecified atom stereocenters. The van der Waals surface area contributed by atoms with Gasteiger partial charge in [-0.2, -0.15) is 5.10 Å². The van der Waals surface area contributed by atoms with Crippen LogP contribution in [0.3, 0.4) is 0 Å². The van der Waals surface area contributed by atoms with Crippen molar-refractivity contribution < 1.29 is 4.92 Å². The second kappa shape index (κ2) is 4.92. The van der Waals surface area contributed by atoms with Crippen LogP contribution in [0.15, 0.2) is 30.9 Å². The van der Waals surface area contributed by atoms with Gasteiger partial charge in [-0.1, -0.05) is 0 Å². The molecule has 104 valence electrons. The molecule has 1 aromatic heterocycles. The Morgan fingerprint density at radius 3 is 2.80 bits per heavy atom. The molecule has 1 aliphatic carbocycles.